The topological polar surface area (TPSA) is 121 Å². The van der Waals surface area contributed by atoms with Gasteiger partial charge in [-0.15, -0.1) is 0 Å². The molecule has 0 unspecified atom stereocenters. The van der Waals surface area contributed by atoms with Gasteiger partial charge in [0.1, 0.15) is 6.61 Å². The summed E-state index contributed by atoms with van der Waals surface area (Å²) >= 11 is 0. The van der Waals surface area contributed by atoms with Crippen LogP contribution in [0.25, 0.3) is 0 Å². The minimum absolute atomic E-state index is 0.0917. The lowest BCUT2D eigenvalue weighted by atomic mass is 10.0. The van der Waals surface area contributed by atoms with Crippen LogP contribution in [-0.4, -0.2) is 79.2 Å². The Morgan fingerprint density at radius 2 is 2.26 bits per heavy atom. The third-order valence-corrected chi connectivity index (χ3v) is 6.60. The molecule has 3 rings (SSSR count). The number of amides is 2. The van der Waals surface area contributed by atoms with Gasteiger partial charge in [0.2, 0.25) is 5.91 Å². The molecule has 3 heterocycles. The maximum Gasteiger partial charge on any atom is 0.257 e. The number of likely N-dealkylation sites (tertiary alicyclic amines) is 1. The van der Waals surface area contributed by atoms with E-state index in [1.54, 1.807) is 0 Å². The molecule has 2 saturated heterocycles. The summed E-state index contributed by atoms with van der Waals surface area (Å²) < 4.78 is 29.4. The van der Waals surface area contributed by atoms with Crippen LogP contribution in [0.3, 0.4) is 0 Å². The number of rotatable bonds is 4. The summed E-state index contributed by atoms with van der Waals surface area (Å²) in [6.07, 6.45) is 2.88. The van der Waals surface area contributed by atoms with Gasteiger partial charge in [-0.05, 0) is 0 Å². The molecule has 2 aliphatic heterocycles. The summed E-state index contributed by atoms with van der Waals surface area (Å²) in [6.45, 7) is 0.325. The van der Waals surface area contributed by atoms with Gasteiger partial charge < -0.3 is 15.0 Å². The van der Waals surface area contributed by atoms with Crippen LogP contribution in [0.15, 0.2) is 12.4 Å². The highest BCUT2D eigenvalue weighted by Gasteiger charge is 2.53. The van der Waals surface area contributed by atoms with Gasteiger partial charge in [-0.25, -0.2) is 8.42 Å². The second-order valence-electron chi connectivity index (χ2n) is 5.84. The van der Waals surface area contributed by atoms with Crippen LogP contribution in [0, 0.1) is 5.92 Å². The normalized spacial score (nSPS) is 28.6. The van der Waals surface area contributed by atoms with Crippen LogP contribution >= 0.6 is 0 Å². The molecule has 0 radical (unpaired) electrons. The van der Waals surface area contributed by atoms with Crippen LogP contribution in [0.1, 0.15) is 10.4 Å². The van der Waals surface area contributed by atoms with E-state index in [-0.39, 0.29) is 36.6 Å². The van der Waals surface area contributed by atoms with E-state index in [0.717, 1.165) is 0 Å². The predicted octanol–water partition coefficient (Wildman–Crippen LogP) is -1.59. The molecule has 0 spiro atoms. The molecule has 0 aliphatic carbocycles. The Kier molecular flexibility index (Phi) is 4.11. The number of carbonyl (C=O) groups excluding carboxylic acids is 2. The highest BCUT2D eigenvalue weighted by atomic mass is 32.2. The van der Waals surface area contributed by atoms with Gasteiger partial charge in [0.05, 0.1) is 22.8 Å². The monoisotopic (exact) mass is 342 g/mol. The summed E-state index contributed by atoms with van der Waals surface area (Å²) in [5.41, 5.74) is 0.391. The van der Waals surface area contributed by atoms with E-state index in [0.29, 0.717) is 12.1 Å². The van der Waals surface area contributed by atoms with E-state index < -0.39 is 21.1 Å². The number of H-pyrrole nitrogens is 1. The molecular formula is C13H18N4O5S. The van der Waals surface area contributed by atoms with Crippen molar-refractivity contribution in [3.63, 3.8) is 0 Å². The van der Waals surface area contributed by atoms with Gasteiger partial charge in [0.15, 0.2) is 9.84 Å². The average molecular weight is 342 g/mol. The van der Waals surface area contributed by atoms with E-state index in [9.17, 15) is 18.0 Å². The maximum atomic E-state index is 12.3. The van der Waals surface area contributed by atoms with Crippen LogP contribution in [-0.2, 0) is 19.4 Å². The second-order valence-corrected chi connectivity index (χ2v) is 8.10. The van der Waals surface area contributed by atoms with Gasteiger partial charge in [0, 0.05) is 38.4 Å². The fourth-order valence-corrected chi connectivity index (χ4v) is 5.60. The summed E-state index contributed by atoms with van der Waals surface area (Å²) in [5, 5.41) is 8.36. The molecule has 0 aromatic carbocycles. The fraction of sp³-hybridized carbons (Fsp3) is 0.615. The SMILES string of the molecule is COCC(=O)N[C@@H]1CS(=O)(=O)[C@H]2CN(C(=O)c3cn[nH]c3)C[C@@H]12. The highest BCUT2D eigenvalue weighted by Crippen LogP contribution is 2.34. The number of aromatic amines is 1. The highest BCUT2D eigenvalue weighted by molar-refractivity contribution is 7.92. The smallest absolute Gasteiger partial charge is 0.257 e. The molecule has 2 aliphatic rings. The Hall–Kier alpha value is -1.94. The van der Waals surface area contributed by atoms with E-state index in [2.05, 4.69) is 15.5 Å². The summed E-state index contributed by atoms with van der Waals surface area (Å²) in [6, 6.07) is -0.491. The minimum Gasteiger partial charge on any atom is -0.375 e. The maximum absolute atomic E-state index is 12.3. The Labute approximate surface area is 133 Å². The minimum atomic E-state index is -3.34. The Bertz CT molecular complexity index is 702. The van der Waals surface area contributed by atoms with Crippen molar-refractivity contribution in [3.8, 4) is 0 Å². The Balaban J connectivity index is 1.74. The molecule has 2 amide bonds. The second kappa shape index (κ2) is 5.93. The number of sulfone groups is 1. The van der Waals surface area contributed by atoms with Crippen molar-refractivity contribution in [2.45, 2.75) is 11.3 Å². The van der Waals surface area contributed by atoms with E-state index >= 15 is 0 Å². The number of hydrogen-bond acceptors (Lipinski definition) is 6. The third kappa shape index (κ3) is 2.95. The number of fused-ring (bicyclic) bond motifs is 1. The number of ether oxygens (including phenoxy) is 1. The lowest BCUT2D eigenvalue weighted by molar-refractivity contribution is -0.125. The molecule has 10 heteroatoms. The lowest BCUT2D eigenvalue weighted by Crippen LogP contribution is -2.43. The zero-order valence-corrected chi connectivity index (χ0v) is 13.4. The Morgan fingerprint density at radius 3 is 2.91 bits per heavy atom. The number of hydrogen-bond donors (Lipinski definition) is 2. The average Bonchev–Trinajstić information content (AvgIpc) is 3.18. The van der Waals surface area contributed by atoms with Crippen molar-refractivity contribution in [1.82, 2.24) is 20.4 Å². The van der Waals surface area contributed by atoms with Crippen molar-refractivity contribution in [2.24, 2.45) is 5.92 Å². The number of methoxy groups -OCH3 is 1. The zero-order chi connectivity index (χ0) is 16.6. The van der Waals surface area contributed by atoms with Gasteiger partial charge in [-0.2, -0.15) is 5.10 Å². The largest absolute Gasteiger partial charge is 0.375 e. The molecule has 0 saturated carbocycles. The van der Waals surface area contributed by atoms with Gasteiger partial charge in [-0.3, -0.25) is 14.7 Å². The first-order valence-corrected chi connectivity index (χ1v) is 8.92. The fourth-order valence-electron chi connectivity index (χ4n) is 3.31. The standard InChI is InChI=1S/C13H18N4O5S/c1-22-6-12(18)16-10-7-23(20,21)11-5-17(4-9(10)11)13(19)8-2-14-15-3-8/h2-3,9-11H,4-7H2,1H3,(H,14,15)(H,16,18)/t9-,10+,11-/m0/s1. The first-order chi connectivity index (χ1) is 10.9. The van der Waals surface area contributed by atoms with Gasteiger partial charge >= 0.3 is 0 Å². The third-order valence-electron chi connectivity index (χ3n) is 4.35. The Morgan fingerprint density at radius 1 is 1.48 bits per heavy atom. The molecular weight excluding hydrogens is 324 g/mol. The van der Waals surface area contributed by atoms with E-state index in [4.69, 9.17) is 4.74 Å². The molecule has 2 fully saturated rings. The molecule has 23 heavy (non-hydrogen) atoms. The van der Waals surface area contributed by atoms with Crippen LogP contribution in [0.5, 0.6) is 0 Å². The summed E-state index contributed by atoms with van der Waals surface area (Å²) in [5.74, 6) is -0.999. The van der Waals surface area contributed by atoms with Crippen molar-refractivity contribution in [2.75, 3.05) is 32.6 Å². The van der Waals surface area contributed by atoms with E-state index in [1.807, 2.05) is 0 Å². The molecule has 3 atom stereocenters. The van der Waals surface area contributed by atoms with Crippen molar-refractivity contribution < 1.29 is 22.7 Å². The van der Waals surface area contributed by atoms with Crippen molar-refractivity contribution in [1.29, 1.82) is 0 Å². The summed E-state index contributed by atoms with van der Waals surface area (Å²) in [7, 11) is -1.94. The predicted molar refractivity (Wildman–Crippen MR) is 79.4 cm³/mol. The molecule has 126 valence electrons. The summed E-state index contributed by atoms with van der Waals surface area (Å²) in [4.78, 5) is 25.5. The van der Waals surface area contributed by atoms with Gasteiger partial charge in [-0.1, -0.05) is 0 Å². The van der Waals surface area contributed by atoms with E-state index in [1.165, 1.54) is 24.4 Å². The van der Waals surface area contributed by atoms with Crippen LogP contribution < -0.4 is 5.32 Å². The molecule has 2 N–H and O–H groups in total. The number of nitrogens with zero attached hydrogens (tertiary/aromatic N) is 2. The lowest BCUT2D eigenvalue weighted by Gasteiger charge is -2.20. The number of carbonyl (C=O) groups is 2. The van der Waals surface area contributed by atoms with Gasteiger partial charge in [0.25, 0.3) is 5.91 Å². The van der Waals surface area contributed by atoms with Crippen LogP contribution in [0.4, 0.5) is 0 Å². The molecule has 9 nitrogen and oxygen atoms in total. The molecule has 0 bridgehead atoms. The van der Waals surface area contributed by atoms with Crippen molar-refractivity contribution in [3.05, 3.63) is 18.0 Å². The molecule has 1 aromatic heterocycles. The first kappa shape index (κ1) is 15.9. The molecule has 1 aromatic rings. The quantitative estimate of drug-likeness (QED) is 0.680. The van der Waals surface area contributed by atoms with Crippen LogP contribution in [0.2, 0.25) is 0 Å². The number of nitrogens with one attached hydrogen (secondary N) is 2. The number of aromatic nitrogens is 2. The zero-order valence-electron chi connectivity index (χ0n) is 12.6. The van der Waals surface area contributed by atoms with Crippen molar-refractivity contribution >= 4 is 21.7 Å². The first-order valence-electron chi connectivity index (χ1n) is 7.20.